The van der Waals surface area contributed by atoms with Gasteiger partial charge >= 0.3 is 0 Å². The van der Waals surface area contributed by atoms with Crippen LogP contribution in [0.2, 0.25) is 0 Å². The quantitative estimate of drug-likeness (QED) is 0.820. The molecule has 98 valence electrons. The number of rotatable bonds is 3. The van der Waals surface area contributed by atoms with Gasteiger partial charge in [0.25, 0.3) is 0 Å². The zero-order valence-corrected chi connectivity index (χ0v) is 12.4. The van der Waals surface area contributed by atoms with Gasteiger partial charge in [0.05, 0.1) is 0 Å². The standard InChI is InChI=1S/C12H17N.2C2H6/c1-4-7-10-9-13-12(6-3)11(10)8-5-2;2*1-2/h5-6,8-9,13H,2,4,7H2,1,3H3;2*1-2H3/b11-8-,12-6+;;. The summed E-state index contributed by atoms with van der Waals surface area (Å²) in [6.45, 7) is 16.0. The molecular formula is C16H29N. The Morgan fingerprint density at radius 1 is 1.24 bits per heavy atom. The molecule has 0 aliphatic carbocycles. The van der Waals surface area contributed by atoms with Crippen LogP contribution in [-0.2, 0) is 6.42 Å². The number of nitrogens with one attached hydrogen (secondary N) is 1. The highest BCUT2D eigenvalue weighted by molar-refractivity contribution is 5.40. The van der Waals surface area contributed by atoms with Crippen molar-refractivity contribution in [2.75, 3.05) is 0 Å². The van der Waals surface area contributed by atoms with E-state index in [0.29, 0.717) is 0 Å². The van der Waals surface area contributed by atoms with E-state index in [1.807, 2.05) is 40.7 Å². The third kappa shape index (κ3) is 6.15. The second-order valence-electron chi connectivity index (χ2n) is 3.08. The van der Waals surface area contributed by atoms with Crippen LogP contribution < -0.4 is 10.6 Å². The van der Waals surface area contributed by atoms with Crippen LogP contribution in [0.15, 0.2) is 18.9 Å². The summed E-state index contributed by atoms with van der Waals surface area (Å²) in [5.74, 6) is 0. The molecule has 1 N–H and O–H groups in total. The second-order valence-corrected chi connectivity index (χ2v) is 3.08. The zero-order chi connectivity index (χ0) is 13.7. The summed E-state index contributed by atoms with van der Waals surface area (Å²) in [4.78, 5) is 3.26. The minimum Gasteiger partial charge on any atom is -0.361 e. The van der Waals surface area contributed by atoms with Crippen LogP contribution in [-0.4, -0.2) is 4.98 Å². The van der Waals surface area contributed by atoms with Gasteiger partial charge in [0, 0.05) is 16.8 Å². The minimum atomic E-state index is 1.13. The third-order valence-corrected chi connectivity index (χ3v) is 2.13. The number of hydrogen-bond donors (Lipinski definition) is 1. The van der Waals surface area contributed by atoms with Gasteiger partial charge in [-0.1, -0.05) is 65.8 Å². The first-order chi connectivity index (χ1) is 8.33. The van der Waals surface area contributed by atoms with Crippen molar-refractivity contribution < 1.29 is 0 Å². The van der Waals surface area contributed by atoms with Crippen LogP contribution in [0.4, 0.5) is 0 Å². The molecule has 0 radical (unpaired) electrons. The van der Waals surface area contributed by atoms with E-state index >= 15 is 0 Å². The maximum atomic E-state index is 3.73. The van der Waals surface area contributed by atoms with E-state index in [2.05, 4.69) is 36.8 Å². The minimum absolute atomic E-state index is 1.13. The Morgan fingerprint density at radius 3 is 2.24 bits per heavy atom. The van der Waals surface area contributed by atoms with E-state index in [1.165, 1.54) is 22.6 Å². The lowest BCUT2D eigenvalue weighted by atomic mass is 10.1. The Bertz CT molecular complexity index is 382. The van der Waals surface area contributed by atoms with Gasteiger partial charge in [-0.05, 0) is 18.9 Å². The molecule has 0 spiro atoms. The molecule has 17 heavy (non-hydrogen) atoms. The number of allylic oxidation sites excluding steroid dienone is 1. The van der Waals surface area contributed by atoms with E-state index < -0.39 is 0 Å². The van der Waals surface area contributed by atoms with Gasteiger partial charge in [-0.3, -0.25) is 0 Å². The number of aromatic amines is 1. The highest BCUT2D eigenvalue weighted by Gasteiger charge is 1.95. The van der Waals surface area contributed by atoms with Gasteiger partial charge in [-0.15, -0.1) is 0 Å². The van der Waals surface area contributed by atoms with Crippen LogP contribution in [0, 0.1) is 0 Å². The summed E-state index contributed by atoms with van der Waals surface area (Å²) in [5, 5.41) is 2.49. The summed E-state index contributed by atoms with van der Waals surface area (Å²) in [6.07, 6.45) is 10.4. The largest absolute Gasteiger partial charge is 0.361 e. The van der Waals surface area contributed by atoms with Crippen molar-refractivity contribution >= 4 is 12.2 Å². The molecule has 0 atom stereocenters. The summed E-state index contributed by atoms with van der Waals surface area (Å²) < 4.78 is 0. The number of aromatic nitrogens is 1. The lowest BCUT2D eigenvalue weighted by molar-refractivity contribution is 0.918. The molecule has 1 aromatic heterocycles. The van der Waals surface area contributed by atoms with Crippen molar-refractivity contribution in [2.45, 2.75) is 54.4 Å². The van der Waals surface area contributed by atoms with E-state index in [1.54, 1.807) is 0 Å². The maximum Gasteiger partial charge on any atom is 0.0413 e. The van der Waals surface area contributed by atoms with Gasteiger partial charge in [-0.2, -0.15) is 0 Å². The summed E-state index contributed by atoms with van der Waals surface area (Å²) in [7, 11) is 0. The van der Waals surface area contributed by atoms with Crippen molar-refractivity contribution in [3.05, 3.63) is 35.0 Å². The fourth-order valence-electron chi connectivity index (χ4n) is 1.52. The average molecular weight is 235 g/mol. The smallest absolute Gasteiger partial charge is 0.0413 e. The summed E-state index contributed by atoms with van der Waals surface area (Å²) >= 11 is 0. The molecular weight excluding hydrogens is 206 g/mol. The predicted octanol–water partition coefficient (Wildman–Crippen LogP) is 3.79. The molecule has 1 aromatic rings. The molecule has 0 aliphatic heterocycles. The number of H-pyrrole nitrogens is 1. The Kier molecular flexibility index (Phi) is 13.7. The van der Waals surface area contributed by atoms with Gasteiger partial charge in [0.2, 0.25) is 0 Å². The van der Waals surface area contributed by atoms with E-state index in [-0.39, 0.29) is 0 Å². The predicted molar refractivity (Wildman–Crippen MR) is 81.5 cm³/mol. The Balaban J connectivity index is 0. The van der Waals surface area contributed by atoms with Gasteiger partial charge < -0.3 is 4.98 Å². The van der Waals surface area contributed by atoms with Crippen molar-refractivity contribution in [1.29, 1.82) is 0 Å². The van der Waals surface area contributed by atoms with E-state index in [0.717, 1.165) is 6.42 Å². The molecule has 0 unspecified atom stereocenters. The van der Waals surface area contributed by atoms with E-state index in [9.17, 15) is 0 Å². The van der Waals surface area contributed by atoms with Crippen LogP contribution in [0.1, 0.15) is 53.5 Å². The molecule has 0 fully saturated rings. The number of hydrogen-bond acceptors (Lipinski definition) is 0. The molecule has 0 bridgehead atoms. The SMILES string of the molecule is C=C/C=c1/c(CCC)c[nH]/c1=C/C.CC.CC. The van der Waals surface area contributed by atoms with Gasteiger partial charge in [-0.25, -0.2) is 0 Å². The monoisotopic (exact) mass is 235 g/mol. The normalized spacial score (nSPS) is 11.2. The topological polar surface area (TPSA) is 15.8 Å². The fraction of sp³-hybridized carbons (Fsp3) is 0.500. The Labute approximate surface area is 107 Å². The summed E-state index contributed by atoms with van der Waals surface area (Å²) in [5.41, 5.74) is 1.38. The van der Waals surface area contributed by atoms with Crippen LogP contribution >= 0.6 is 0 Å². The first-order valence-electron chi connectivity index (χ1n) is 6.78. The molecule has 0 saturated carbocycles. The van der Waals surface area contributed by atoms with Crippen molar-refractivity contribution in [2.24, 2.45) is 0 Å². The lowest BCUT2D eigenvalue weighted by Crippen LogP contribution is -2.24. The number of aryl methyl sites for hydroxylation is 1. The molecule has 0 amide bonds. The average Bonchev–Trinajstić information content (AvgIpc) is 2.78. The van der Waals surface area contributed by atoms with Crippen molar-refractivity contribution in [3.8, 4) is 0 Å². The maximum absolute atomic E-state index is 3.73. The van der Waals surface area contributed by atoms with Crippen LogP contribution in [0.25, 0.3) is 12.2 Å². The van der Waals surface area contributed by atoms with Crippen molar-refractivity contribution in [3.63, 3.8) is 0 Å². The van der Waals surface area contributed by atoms with Crippen LogP contribution in [0.3, 0.4) is 0 Å². The third-order valence-electron chi connectivity index (χ3n) is 2.13. The van der Waals surface area contributed by atoms with Gasteiger partial charge in [0.15, 0.2) is 0 Å². The first-order valence-corrected chi connectivity index (χ1v) is 6.78. The Hall–Kier alpha value is -1.24. The molecule has 1 heteroatoms. The summed E-state index contributed by atoms with van der Waals surface area (Å²) in [6, 6.07) is 0. The zero-order valence-electron chi connectivity index (χ0n) is 12.4. The van der Waals surface area contributed by atoms with Crippen LogP contribution in [0.5, 0.6) is 0 Å². The van der Waals surface area contributed by atoms with Crippen molar-refractivity contribution in [1.82, 2.24) is 4.98 Å². The van der Waals surface area contributed by atoms with E-state index in [4.69, 9.17) is 0 Å². The Morgan fingerprint density at radius 2 is 1.82 bits per heavy atom. The molecule has 1 rings (SSSR count). The molecule has 0 aromatic carbocycles. The van der Waals surface area contributed by atoms with Gasteiger partial charge in [0.1, 0.15) is 0 Å². The highest BCUT2D eigenvalue weighted by atomic mass is 14.7. The molecule has 0 saturated heterocycles. The lowest BCUT2D eigenvalue weighted by Gasteiger charge is -1.90. The first kappa shape index (κ1) is 18.1. The highest BCUT2D eigenvalue weighted by Crippen LogP contribution is 1.92. The molecule has 1 nitrogen and oxygen atoms in total. The fourth-order valence-corrected chi connectivity index (χ4v) is 1.52. The molecule has 1 heterocycles. The second kappa shape index (κ2) is 12.8. The molecule has 0 aliphatic rings.